The Morgan fingerprint density at radius 2 is 1.87 bits per heavy atom. The number of benzene rings is 2. The van der Waals surface area contributed by atoms with E-state index in [4.69, 9.17) is 0 Å². The Labute approximate surface area is 171 Å². The molecule has 0 amide bonds. The third kappa shape index (κ3) is 6.23. The van der Waals surface area contributed by atoms with Crippen LogP contribution in [0.4, 0.5) is 13.2 Å². The van der Waals surface area contributed by atoms with Crippen LogP contribution in [-0.4, -0.2) is 33.6 Å². The van der Waals surface area contributed by atoms with Gasteiger partial charge in [0.05, 0.1) is 12.2 Å². The lowest BCUT2D eigenvalue weighted by atomic mass is 10.2. The molecule has 7 nitrogen and oxygen atoms in total. The number of nitrogens with one attached hydrogen (secondary N) is 2. The summed E-state index contributed by atoms with van der Waals surface area (Å²) in [6, 6.07) is 13.7. The lowest BCUT2D eigenvalue weighted by Crippen LogP contribution is -2.37. The number of nitrogens with zero attached hydrogens (tertiary/aromatic N) is 4. The summed E-state index contributed by atoms with van der Waals surface area (Å²) in [7, 11) is 0. The first-order chi connectivity index (χ1) is 14.4. The second-order valence-electron chi connectivity index (χ2n) is 6.21. The highest BCUT2D eigenvalue weighted by atomic mass is 19.4. The summed E-state index contributed by atoms with van der Waals surface area (Å²) in [5, 5.41) is 10.2. The minimum atomic E-state index is -4.74. The first kappa shape index (κ1) is 21.2. The van der Waals surface area contributed by atoms with Crippen molar-refractivity contribution in [3.63, 3.8) is 0 Å². The van der Waals surface area contributed by atoms with Crippen LogP contribution in [0.15, 0.2) is 66.2 Å². The third-order valence-electron chi connectivity index (χ3n) is 4.03. The Hall–Kier alpha value is -3.56. The van der Waals surface area contributed by atoms with Crippen LogP contribution in [0.1, 0.15) is 18.1 Å². The van der Waals surface area contributed by atoms with Crippen molar-refractivity contribution in [2.45, 2.75) is 26.4 Å². The van der Waals surface area contributed by atoms with Crippen LogP contribution in [0, 0.1) is 0 Å². The monoisotopic (exact) mass is 418 g/mol. The van der Waals surface area contributed by atoms with Crippen LogP contribution < -0.4 is 15.4 Å². The van der Waals surface area contributed by atoms with Gasteiger partial charge in [0.1, 0.15) is 18.4 Å². The molecule has 0 aliphatic carbocycles. The van der Waals surface area contributed by atoms with Gasteiger partial charge in [0, 0.05) is 18.7 Å². The summed E-state index contributed by atoms with van der Waals surface area (Å²) < 4.78 is 43.5. The Morgan fingerprint density at radius 1 is 1.10 bits per heavy atom. The minimum absolute atomic E-state index is 0.128. The van der Waals surface area contributed by atoms with E-state index in [-0.39, 0.29) is 12.3 Å². The van der Waals surface area contributed by atoms with E-state index in [2.05, 4.69) is 30.4 Å². The molecular formula is C20H21F3N6O. The third-order valence-corrected chi connectivity index (χ3v) is 4.03. The maximum Gasteiger partial charge on any atom is 0.573 e. The number of rotatable bonds is 7. The highest BCUT2D eigenvalue weighted by Gasteiger charge is 2.31. The van der Waals surface area contributed by atoms with Gasteiger partial charge in [-0.3, -0.25) is 0 Å². The standard InChI is InChI=1S/C20H21F3N6O/c1-2-25-19(27-12-16-5-3-4-6-18(16)30-20(21,22)23)26-11-15-7-9-17(10-8-15)29-14-24-13-28-29/h3-10,13-14H,2,11-12H2,1H3,(H2,25,26,27). The van der Waals surface area contributed by atoms with E-state index < -0.39 is 6.36 Å². The Balaban J connectivity index is 1.64. The molecule has 2 aromatic carbocycles. The molecule has 0 atom stereocenters. The van der Waals surface area contributed by atoms with Crippen LogP contribution in [0.2, 0.25) is 0 Å². The van der Waals surface area contributed by atoms with Crippen molar-refractivity contribution >= 4 is 5.96 Å². The summed E-state index contributed by atoms with van der Waals surface area (Å²) in [4.78, 5) is 8.41. The second kappa shape index (κ2) is 9.77. The predicted molar refractivity (Wildman–Crippen MR) is 106 cm³/mol. The molecule has 0 aliphatic heterocycles. The molecule has 158 valence electrons. The zero-order chi connectivity index (χ0) is 21.4. The average Bonchev–Trinajstić information content (AvgIpc) is 3.25. The van der Waals surface area contributed by atoms with Crippen LogP contribution >= 0.6 is 0 Å². The molecular weight excluding hydrogens is 397 g/mol. The molecule has 1 heterocycles. The lowest BCUT2D eigenvalue weighted by Gasteiger charge is -2.15. The van der Waals surface area contributed by atoms with Crippen molar-refractivity contribution in [1.82, 2.24) is 25.4 Å². The number of aliphatic imine (C=N–C) groups is 1. The topological polar surface area (TPSA) is 76.4 Å². The molecule has 3 rings (SSSR count). The summed E-state index contributed by atoms with van der Waals surface area (Å²) in [5.74, 6) is 0.247. The average molecular weight is 418 g/mol. The molecule has 2 N–H and O–H groups in total. The molecule has 0 spiro atoms. The fourth-order valence-corrected chi connectivity index (χ4v) is 2.66. The Morgan fingerprint density at radius 3 is 2.53 bits per heavy atom. The number of ether oxygens (including phenoxy) is 1. The van der Waals surface area contributed by atoms with Gasteiger partial charge in [0.25, 0.3) is 0 Å². The summed E-state index contributed by atoms with van der Waals surface area (Å²) in [5.41, 5.74) is 2.22. The highest BCUT2D eigenvalue weighted by Crippen LogP contribution is 2.26. The molecule has 1 aromatic heterocycles. The fourth-order valence-electron chi connectivity index (χ4n) is 2.66. The normalized spacial score (nSPS) is 11.9. The Bertz CT molecular complexity index is 955. The van der Waals surface area contributed by atoms with Gasteiger partial charge in [0.2, 0.25) is 0 Å². The number of halogens is 3. The molecule has 0 fully saturated rings. The zero-order valence-corrected chi connectivity index (χ0v) is 16.2. The van der Waals surface area contributed by atoms with Gasteiger partial charge in [-0.05, 0) is 30.7 Å². The second-order valence-corrected chi connectivity index (χ2v) is 6.21. The van der Waals surface area contributed by atoms with E-state index in [1.165, 1.54) is 18.5 Å². The molecule has 0 saturated heterocycles. The van der Waals surface area contributed by atoms with Gasteiger partial charge >= 0.3 is 6.36 Å². The summed E-state index contributed by atoms with van der Waals surface area (Å²) in [6.07, 6.45) is -1.67. The zero-order valence-electron chi connectivity index (χ0n) is 16.2. The van der Waals surface area contributed by atoms with E-state index >= 15 is 0 Å². The van der Waals surface area contributed by atoms with Crippen molar-refractivity contribution in [3.05, 3.63) is 72.3 Å². The van der Waals surface area contributed by atoms with E-state index in [1.54, 1.807) is 23.1 Å². The van der Waals surface area contributed by atoms with Gasteiger partial charge in [-0.25, -0.2) is 14.7 Å². The number of aromatic nitrogens is 3. The molecule has 0 aliphatic rings. The van der Waals surface area contributed by atoms with Crippen LogP contribution in [0.5, 0.6) is 5.75 Å². The van der Waals surface area contributed by atoms with Gasteiger partial charge < -0.3 is 15.4 Å². The van der Waals surface area contributed by atoms with E-state index in [9.17, 15) is 13.2 Å². The predicted octanol–water partition coefficient (Wildman–Crippen LogP) is 3.42. The van der Waals surface area contributed by atoms with E-state index in [0.717, 1.165) is 11.3 Å². The van der Waals surface area contributed by atoms with Crippen molar-refractivity contribution in [1.29, 1.82) is 0 Å². The molecule has 0 unspecified atom stereocenters. The van der Waals surface area contributed by atoms with Crippen molar-refractivity contribution < 1.29 is 17.9 Å². The number of alkyl halides is 3. The van der Waals surface area contributed by atoms with Gasteiger partial charge in [0.15, 0.2) is 5.96 Å². The summed E-state index contributed by atoms with van der Waals surface area (Å²) >= 11 is 0. The maximum absolute atomic E-state index is 12.6. The van der Waals surface area contributed by atoms with Crippen molar-refractivity contribution in [3.8, 4) is 11.4 Å². The molecule has 0 saturated carbocycles. The highest BCUT2D eigenvalue weighted by molar-refractivity contribution is 5.79. The van der Waals surface area contributed by atoms with Gasteiger partial charge in [-0.1, -0.05) is 30.3 Å². The minimum Gasteiger partial charge on any atom is -0.405 e. The maximum atomic E-state index is 12.6. The molecule has 0 bridgehead atoms. The van der Waals surface area contributed by atoms with E-state index in [1.807, 2.05) is 31.2 Å². The van der Waals surface area contributed by atoms with Crippen LogP contribution in [0.3, 0.4) is 0 Å². The number of para-hydroxylation sites is 1. The Kier molecular flexibility index (Phi) is 6.89. The van der Waals surface area contributed by atoms with Crippen molar-refractivity contribution in [2.75, 3.05) is 6.54 Å². The fraction of sp³-hybridized carbons (Fsp3) is 0.250. The largest absolute Gasteiger partial charge is 0.573 e. The first-order valence-electron chi connectivity index (χ1n) is 9.24. The lowest BCUT2D eigenvalue weighted by molar-refractivity contribution is -0.274. The number of hydrogen-bond acceptors (Lipinski definition) is 4. The smallest absolute Gasteiger partial charge is 0.405 e. The quantitative estimate of drug-likeness (QED) is 0.454. The summed E-state index contributed by atoms with van der Waals surface area (Å²) in [6.45, 7) is 3.04. The number of guanidine groups is 1. The molecule has 0 radical (unpaired) electrons. The number of hydrogen-bond donors (Lipinski definition) is 2. The first-order valence-corrected chi connectivity index (χ1v) is 9.24. The van der Waals surface area contributed by atoms with E-state index in [0.29, 0.717) is 24.6 Å². The SMILES string of the molecule is CCNC(=NCc1ccc(-n2cncn2)cc1)NCc1ccccc1OC(F)(F)F. The molecule has 10 heteroatoms. The molecule has 3 aromatic rings. The van der Waals surface area contributed by atoms with Gasteiger partial charge in [-0.15, -0.1) is 13.2 Å². The van der Waals surface area contributed by atoms with Crippen LogP contribution in [0.25, 0.3) is 5.69 Å². The van der Waals surface area contributed by atoms with Crippen LogP contribution in [-0.2, 0) is 13.1 Å². The van der Waals surface area contributed by atoms with Gasteiger partial charge in [-0.2, -0.15) is 5.10 Å². The van der Waals surface area contributed by atoms with Crippen molar-refractivity contribution in [2.24, 2.45) is 4.99 Å². The molecule has 30 heavy (non-hydrogen) atoms.